The molecule has 0 saturated heterocycles. The van der Waals surface area contributed by atoms with Crippen molar-refractivity contribution in [2.75, 3.05) is 0 Å². The fourth-order valence-corrected chi connectivity index (χ4v) is 3.76. The van der Waals surface area contributed by atoms with E-state index < -0.39 is 0 Å². The van der Waals surface area contributed by atoms with E-state index >= 15 is 0 Å². The van der Waals surface area contributed by atoms with Crippen LogP contribution in [0.2, 0.25) is 0 Å². The van der Waals surface area contributed by atoms with Gasteiger partial charge in [-0.05, 0) is 0 Å². The summed E-state index contributed by atoms with van der Waals surface area (Å²) in [7, 11) is 0. The van der Waals surface area contributed by atoms with E-state index in [0.717, 1.165) is 22.4 Å². The molecule has 0 unspecified atom stereocenters. The van der Waals surface area contributed by atoms with Crippen LogP contribution in [0.4, 0.5) is 0 Å². The molecule has 0 atom stereocenters. The Bertz CT molecular complexity index is 1490. The van der Waals surface area contributed by atoms with Crippen LogP contribution in [0, 0.1) is 22.8 Å². The number of aromatic amines is 1. The van der Waals surface area contributed by atoms with Crippen LogP contribution in [0.3, 0.4) is 0 Å². The molecule has 0 fully saturated rings. The Labute approximate surface area is 173 Å². The number of H-pyrrole nitrogens is 1. The number of rotatable bonds is 0. The van der Waals surface area contributed by atoms with Crippen molar-refractivity contribution in [1.29, 1.82) is 10.5 Å². The summed E-state index contributed by atoms with van der Waals surface area (Å²) in [6, 6.07) is 13.5. The number of hydrogen-bond donors (Lipinski definition) is 1. The molecule has 3 aromatic rings. The van der Waals surface area contributed by atoms with E-state index in [9.17, 15) is 10.5 Å². The predicted octanol–water partition coefficient (Wildman–Crippen LogP) is 3.50. The van der Waals surface area contributed by atoms with Crippen LogP contribution < -0.4 is 4.46 Å². The van der Waals surface area contributed by atoms with Crippen LogP contribution in [-0.2, 0) is 16.0 Å². The summed E-state index contributed by atoms with van der Waals surface area (Å²) in [5, 5.41) is 19.4. The van der Waals surface area contributed by atoms with Gasteiger partial charge >= 0.3 is 174 Å². The van der Waals surface area contributed by atoms with Gasteiger partial charge in [-0.15, -0.1) is 0 Å². The maximum atomic E-state index is 9.78. The molecule has 2 aliphatic heterocycles. The average molecular weight is 415 g/mol. The minimum absolute atomic E-state index is 0.350. The van der Waals surface area contributed by atoms with E-state index in [2.05, 4.69) is 43.2 Å². The number of hydrogen-bond acceptors (Lipinski definition) is 4. The topological polar surface area (TPSA) is 94.1 Å². The molecule has 3 aromatic heterocycles. The van der Waals surface area contributed by atoms with Gasteiger partial charge in [0.15, 0.2) is 0 Å². The van der Waals surface area contributed by atoms with E-state index in [1.165, 1.54) is 4.57 Å². The Morgan fingerprint density at radius 1 is 0.793 bits per heavy atom. The first kappa shape index (κ1) is 17.2. The summed E-state index contributed by atoms with van der Waals surface area (Å²) in [5.41, 5.74) is 6.11. The molecular formula is C22H11FeN6. The van der Waals surface area contributed by atoms with Crippen molar-refractivity contribution in [1.82, 2.24) is 19.5 Å². The molecule has 5 heterocycles. The second kappa shape index (κ2) is 6.61. The third-order valence-corrected chi connectivity index (χ3v) is 5.21. The first-order chi connectivity index (χ1) is 14.1. The Balaban J connectivity index is 1.98. The SMILES string of the molecule is N#Cc1[c]([Fe])c2cc3nc(cc4ccc(cc5nc(cc1n2C#N)C=C5)[nH]4)C=C3. The fourth-order valence-electron chi connectivity index (χ4n) is 3.36. The minimum atomic E-state index is 0.350. The van der Waals surface area contributed by atoms with Gasteiger partial charge in [0.05, 0.1) is 0 Å². The zero-order valence-corrected chi connectivity index (χ0v) is 16.0. The van der Waals surface area contributed by atoms with Crippen molar-refractivity contribution in [3.63, 3.8) is 0 Å². The summed E-state index contributed by atoms with van der Waals surface area (Å²) in [6.45, 7) is 0. The standard InChI is InChI=1S/C22H11N6.Fe/c23-12-14-7-21-10-19-5-3-17(26-19)8-15-1-2-16(25-15)9-18-4-6-20(27-18)11-22(14)28(21)13-24;/h1-6,8-11,25H;. The second-order valence-electron chi connectivity index (χ2n) is 6.53. The van der Waals surface area contributed by atoms with Crippen molar-refractivity contribution in [3.05, 3.63) is 64.7 Å². The summed E-state index contributed by atoms with van der Waals surface area (Å²) in [5.74, 6) is 0. The molecule has 8 bridgehead atoms. The molecule has 7 heteroatoms. The fraction of sp³-hybridized carbons (Fsp3) is 0. The van der Waals surface area contributed by atoms with Crippen LogP contribution in [-0.4, -0.2) is 19.5 Å². The maximum absolute atomic E-state index is 9.78. The van der Waals surface area contributed by atoms with Crippen molar-refractivity contribution in [2.45, 2.75) is 0 Å². The van der Waals surface area contributed by atoms with E-state index in [1.807, 2.05) is 48.6 Å². The van der Waals surface area contributed by atoms with Crippen LogP contribution in [0.25, 0.3) is 46.4 Å². The summed E-state index contributed by atoms with van der Waals surface area (Å²) in [4.78, 5) is 12.5. The van der Waals surface area contributed by atoms with Gasteiger partial charge in [0.2, 0.25) is 0 Å². The van der Waals surface area contributed by atoms with Crippen LogP contribution in [0.15, 0.2) is 36.4 Å². The average Bonchev–Trinajstić information content (AvgIpc) is 3.47. The van der Waals surface area contributed by atoms with Crippen molar-refractivity contribution >= 4 is 50.8 Å². The normalized spacial score (nSPS) is 12.0. The number of nitrogens with zero attached hydrogens (tertiary/aromatic N) is 5. The molecule has 0 aromatic carbocycles. The summed E-state index contributed by atoms with van der Waals surface area (Å²) in [6.07, 6.45) is 9.67. The van der Waals surface area contributed by atoms with Gasteiger partial charge in [-0.25, -0.2) is 0 Å². The van der Waals surface area contributed by atoms with Gasteiger partial charge in [0.25, 0.3) is 0 Å². The zero-order chi connectivity index (χ0) is 20.0. The molecule has 0 aliphatic carbocycles. The summed E-state index contributed by atoms with van der Waals surface area (Å²) < 4.78 is 1.89. The molecule has 6 nitrogen and oxygen atoms in total. The molecule has 29 heavy (non-hydrogen) atoms. The first-order valence-corrected chi connectivity index (χ1v) is 9.28. The Kier molecular flexibility index (Phi) is 3.93. The van der Waals surface area contributed by atoms with Gasteiger partial charge < -0.3 is 0 Å². The number of nitrogens with one attached hydrogen (secondary N) is 1. The van der Waals surface area contributed by atoms with Gasteiger partial charge in [0, 0.05) is 0 Å². The van der Waals surface area contributed by atoms with Crippen molar-refractivity contribution < 1.29 is 16.0 Å². The Morgan fingerprint density at radius 3 is 1.83 bits per heavy atom. The molecule has 0 amide bonds. The third-order valence-electron chi connectivity index (χ3n) is 4.65. The van der Waals surface area contributed by atoms with Crippen LogP contribution in [0.1, 0.15) is 28.3 Å². The molecule has 0 spiro atoms. The summed E-state index contributed by atoms with van der Waals surface area (Å²) >= 11 is 4.03. The molecule has 0 radical (unpaired) electrons. The number of nitriles is 2. The third kappa shape index (κ3) is 2.96. The van der Waals surface area contributed by atoms with Crippen LogP contribution in [0.5, 0.6) is 0 Å². The Hall–Kier alpha value is -3.90. The van der Waals surface area contributed by atoms with Gasteiger partial charge in [-0.1, -0.05) is 0 Å². The molecule has 2 aliphatic rings. The molecule has 137 valence electrons. The van der Waals surface area contributed by atoms with E-state index in [4.69, 9.17) is 0 Å². The van der Waals surface area contributed by atoms with E-state index in [-0.39, 0.29) is 0 Å². The van der Waals surface area contributed by atoms with Crippen molar-refractivity contribution in [2.24, 2.45) is 0 Å². The first-order valence-electron chi connectivity index (χ1n) is 8.73. The molecule has 1 N–H and O–H groups in total. The monoisotopic (exact) mass is 415 g/mol. The van der Waals surface area contributed by atoms with Gasteiger partial charge in [-0.3, -0.25) is 0 Å². The number of fused-ring (bicyclic) bond motifs is 8. The predicted molar refractivity (Wildman–Crippen MR) is 108 cm³/mol. The van der Waals surface area contributed by atoms with E-state index in [0.29, 0.717) is 32.4 Å². The second-order valence-corrected chi connectivity index (χ2v) is 7.08. The van der Waals surface area contributed by atoms with Gasteiger partial charge in [-0.2, -0.15) is 0 Å². The zero-order valence-electron chi connectivity index (χ0n) is 14.9. The van der Waals surface area contributed by atoms with Crippen LogP contribution >= 0.6 is 0 Å². The molecule has 5 rings (SSSR count). The molecular weight excluding hydrogens is 404 g/mol. The molecule has 0 saturated carbocycles. The van der Waals surface area contributed by atoms with E-state index in [1.54, 1.807) is 12.1 Å². The van der Waals surface area contributed by atoms with Crippen molar-refractivity contribution in [3.8, 4) is 12.3 Å². The van der Waals surface area contributed by atoms with Gasteiger partial charge in [0.1, 0.15) is 0 Å². The quantitative estimate of drug-likeness (QED) is 0.392. The Morgan fingerprint density at radius 2 is 1.31 bits per heavy atom. The number of aromatic nitrogens is 4.